The summed E-state index contributed by atoms with van der Waals surface area (Å²) in [7, 11) is 0. The number of hydrogen-bond acceptors (Lipinski definition) is 2. The summed E-state index contributed by atoms with van der Waals surface area (Å²) in [6, 6.07) is 7.04. The molecule has 0 spiro atoms. The first kappa shape index (κ1) is 12.8. The zero-order chi connectivity index (χ0) is 12.2. The molecule has 0 saturated carbocycles. The van der Waals surface area contributed by atoms with Gasteiger partial charge in [-0.1, -0.05) is 25.4 Å². The smallest absolute Gasteiger partial charge is 0.329 e. The van der Waals surface area contributed by atoms with Gasteiger partial charge in [0.15, 0.2) is 0 Å². The van der Waals surface area contributed by atoms with Crippen molar-refractivity contribution in [1.29, 1.82) is 0 Å². The molecule has 1 rings (SSSR count). The lowest BCUT2D eigenvalue weighted by Gasteiger charge is -2.29. The van der Waals surface area contributed by atoms with Gasteiger partial charge in [-0.3, -0.25) is 0 Å². The van der Waals surface area contributed by atoms with E-state index in [4.69, 9.17) is 11.6 Å². The maximum absolute atomic E-state index is 11.3. The van der Waals surface area contributed by atoms with Crippen molar-refractivity contribution in [3.63, 3.8) is 0 Å². The van der Waals surface area contributed by atoms with Crippen LogP contribution >= 0.6 is 11.6 Å². The van der Waals surface area contributed by atoms with E-state index in [1.807, 2.05) is 13.8 Å². The van der Waals surface area contributed by atoms with E-state index in [1.165, 1.54) is 0 Å². The molecule has 16 heavy (non-hydrogen) atoms. The van der Waals surface area contributed by atoms with Crippen LogP contribution in [0.5, 0.6) is 0 Å². The van der Waals surface area contributed by atoms with Gasteiger partial charge in [-0.05, 0) is 37.1 Å². The SMILES string of the molecule is CCC(CC)(Nc1ccc(Cl)cc1)C(=O)O. The highest BCUT2D eigenvalue weighted by Crippen LogP contribution is 2.23. The number of carboxylic acids is 1. The second kappa shape index (κ2) is 5.21. The van der Waals surface area contributed by atoms with Crippen molar-refractivity contribution in [2.24, 2.45) is 0 Å². The summed E-state index contributed by atoms with van der Waals surface area (Å²) >= 11 is 5.77. The Bertz CT molecular complexity index is 358. The Hall–Kier alpha value is -1.22. The lowest BCUT2D eigenvalue weighted by Crippen LogP contribution is -2.45. The van der Waals surface area contributed by atoms with Gasteiger partial charge in [0.1, 0.15) is 5.54 Å². The van der Waals surface area contributed by atoms with Gasteiger partial charge >= 0.3 is 5.97 Å². The highest BCUT2D eigenvalue weighted by Gasteiger charge is 2.34. The maximum atomic E-state index is 11.3. The molecule has 0 aliphatic heterocycles. The molecule has 0 bridgehead atoms. The third-order valence-electron chi connectivity index (χ3n) is 2.84. The number of rotatable bonds is 5. The lowest BCUT2D eigenvalue weighted by atomic mass is 9.92. The molecule has 1 aromatic carbocycles. The van der Waals surface area contributed by atoms with E-state index < -0.39 is 11.5 Å². The Balaban J connectivity index is 2.91. The average Bonchev–Trinajstić information content (AvgIpc) is 2.28. The fraction of sp³-hybridized carbons (Fsp3) is 0.417. The minimum absolute atomic E-state index is 0.529. The summed E-state index contributed by atoms with van der Waals surface area (Å²) in [6.45, 7) is 3.72. The van der Waals surface area contributed by atoms with E-state index in [1.54, 1.807) is 24.3 Å². The molecule has 0 fully saturated rings. The molecule has 0 aliphatic carbocycles. The van der Waals surface area contributed by atoms with E-state index in [0.29, 0.717) is 17.9 Å². The van der Waals surface area contributed by atoms with Crippen LogP contribution in [0.3, 0.4) is 0 Å². The quantitative estimate of drug-likeness (QED) is 0.831. The molecule has 4 heteroatoms. The Labute approximate surface area is 100 Å². The molecule has 0 amide bonds. The summed E-state index contributed by atoms with van der Waals surface area (Å²) in [5.74, 6) is -0.826. The monoisotopic (exact) mass is 241 g/mol. The molecule has 2 N–H and O–H groups in total. The van der Waals surface area contributed by atoms with Crippen molar-refractivity contribution in [1.82, 2.24) is 0 Å². The number of carboxylic acid groups (broad SMARTS) is 1. The third kappa shape index (κ3) is 2.67. The van der Waals surface area contributed by atoms with Crippen LogP contribution in [0.2, 0.25) is 5.02 Å². The fourth-order valence-electron chi connectivity index (χ4n) is 1.59. The van der Waals surface area contributed by atoms with Crippen LogP contribution in [0.4, 0.5) is 5.69 Å². The van der Waals surface area contributed by atoms with Gasteiger partial charge in [-0.2, -0.15) is 0 Å². The van der Waals surface area contributed by atoms with Crippen LogP contribution in [-0.4, -0.2) is 16.6 Å². The number of halogens is 1. The standard InChI is InChI=1S/C12H16ClNO2/c1-3-12(4-2,11(15)16)14-10-7-5-9(13)6-8-10/h5-8,14H,3-4H2,1-2H3,(H,15,16). The van der Waals surface area contributed by atoms with Crippen LogP contribution in [0.25, 0.3) is 0 Å². The van der Waals surface area contributed by atoms with Crippen molar-refractivity contribution in [3.05, 3.63) is 29.3 Å². The first-order valence-electron chi connectivity index (χ1n) is 5.31. The zero-order valence-electron chi connectivity index (χ0n) is 9.46. The molecule has 0 atom stereocenters. The number of nitrogens with one attached hydrogen (secondary N) is 1. The van der Waals surface area contributed by atoms with Crippen molar-refractivity contribution in [2.75, 3.05) is 5.32 Å². The molecule has 0 heterocycles. The van der Waals surface area contributed by atoms with Gasteiger partial charge in [0.25, 0.3) is 0 Å². The predicted octanol–water partition coefficient (Wildman–Crippen LogP) is 3.40. The summed E-state index contributed by atoms with van der Waals surface area (Å²) in [5.41, 5.74) is -0.121. The average molecular weight is 242 g/mol. The van der Waals surface area contributed by atoms with E-state index in [9.17, 15) is 9.90 Å². The number of anilines is 1. The molecule has 3 nitrogen and oxygen atoms in total. The van der Waals surface area contributed by atoms with Gasteiger partial charge in [0, 0.05) is 10.7 Å². The first-order valence-corrected chi connectivity index (χ1v) is 5.69. The van der Waals surface area contributed by atoms with Crippen LogP contribution in [0.15, 0.2) is 24.3 Å². The predicted molar refractivity (Wildman–Crippen MR) is 66.0 cm³/mol. The summed E-state index contributed by atoms with van der Waals surface area (Å²) < 4.78 is 0. The van der Waals surface area contributed by atoms with Crippen LogP contribution in [0, 0.1) is 0 Å². The first-order chi connectivity index (χ1) is 7.54. The minimum atomic E-state index is -0.895. The normalized spacial score (nSPS) is 11.2. The van der Waals surface area contributed by atoms with E-state index in [-0.39, 0.29) is 0 Å². The van der Waals surface area contributed by atoms with E-state index in [2.05, 4.69) is 5.32 Å². The Morgan fingerprint density at radius 1 is 1.31 bits per heavy atom. The highest BCUT2D eigenvalue weighted by atomic mass is 35.5. The maximum Gasteiger partial charge on any atom is 0.329 e. The fourth-order valence-corrected chi connectivity index (χ4v) is 1.72. The largest absolute Gasteiger partial charge is 0.480 e. The summed E-state index contributed by atoms with van der Waals surface area (Å²) in [4.78, 5) is 11.3. The molecule has 0 unspecified atom stereocenters. The molecule has 0 radical (unpaired) electrons. The van der Waals surface area contributed by atoms with Crippen molar-refractivity contribution < 1.29 is 9.90 Å². The third-order valence-corrected chi connectivity index (χ3v) is 3.10. The Kier molecular flexibility index (Phi) is 4.19. The van der Waals surface area contributed by atoms with E-state index >= 15 is 0 Å². The lowest BCUT2D eigenvalue weighted by molar-refractivity contribution is -0.142. The van der Waals surface area contributed by atoms with Crippen LogP contribution in [0.1, 0.15) is 26.7 Å². The van der Waals surface area contributed by atoms with Gasteiger partial charge in [-0.15, -0.1) is 0 Å². The van der Waals surface area contributed by atoms with Gasteiger partial charge in [0.2, 0.25) is 0 Å². The zero-order valence-corrected chi connectivity index (χ0v) is 10.2. The van der Waals surface area contributed by atoms with Gasteiger partial charge in [0.05, 0.1) is 0 Å². The molecule has 0 saturated heterocycles. The minimum Gasteiger partial charge on any atom is -0.480 e. The van der Waals surface area contributed by atoms with Gasteiger partial charge in [-0.25, -0.2) is 4.79 Å². The highest BCUT2D eigenvalue weighted by molar-refractivity contribution is 6.30. The van der Waals surface area contributed by atoms with Crippen molar-refractivity contribution in [2.45, 2.75) is 32.2 Å². The number of benzene rings is 1. The van der Waals surface area contributed by atoms with Gasteiger partial charge < -0.3 is 10.4 Å². The second-order valence-corrected chi connectivity index (χ2v) is 4.16. The van der Waals surface area contributed by atoms with Crippen molar-refractivity contribution in [3.8, 4) is 0 Å². The van der Waals surface area contributed by atoms with E-state index in [0.717, 1.165) is 5.69 Å². The second-order valence-electron chi connectivity index (χ2n) is 3.73. The number of aliphatic carboxylic acids is 1. The molecule has 1 aromatic rings. The van der Waals surface area contributed by atoms with Crippen LogP contribution < -0.4 is 5.32 Å². The summed E-state index contributed by atoms with van der Waals surface area (Å²) in [6.07, 6.45) is 1.06. The van der Waals surface area contributed by atoms with Crippen molar-refractivity contribution >= 4 is 23.3 Å². The number of hydrogen-bond donors (Lipinski definition) is 2. The Morgan fingerprint density at radius 2 is 1.81 bits per heavy atom. The molecule has 0 aromatic heterocycles. The molecular weight excluding hydrogens is 226 g/mol. The molecule has 88 valence electrons. The molecule has 0 aliphatic rings. The topological polar surface area (TPSA) is 49.3 Å². The summed E-state index contributed by atoms with van der Waals surface area (Å²) in [5, 5.41) is 12.9. The van der Waals surface area contributed by atoms with Crippen LogP contribution in [-0.2, 0) is 4.79 Å². The number of carbonyl (C=O) groups is 1. The molecular formula is C12H16ClNO2. The Morgan fingerprint density at radius 3 is 2.19 bits per heavy atom.